The van der Waals surface area contributed by atoms with Crippen LogP contribution in [0, 0.1) is 18.7 Å². The number of benzene rings is 2. The molecule has 1 aliphatic heterocycles. The van der Waals surface area contributed by atoms with Crippen molar-refractivity contribution in [1.29, 1.82) is 0 Å². The van der Waals surface area contributed by atoms with Crippen molar-refractivity contribution in [1.82, 2.24) is 25.1 Å². The van der Waals surface area contributed by atoms with Gasteiger partial charge >= 0.3 is 0 Å². The Hall–Kier alpha value is -3.46. The maximum absolute atomic E-state index is 14.1. The maximum Gasteiger partial charge on any atom is 0.225 e. The third-order valence-electron chi connectivity index (χ3n) is 6.20. The van der Waals surface area contributed by atoms with Gasteiger partial charge in [0.15, 0.2) is 5.65 Å². The molecular formula is C25H25FN6OS. The highest BCUT2D eigenvalue weighted by Gasteiger charge is 2.30. The molecule has 9 heteroatoms. The van der Waals surface area contributed by atoms with Gasteiger partial charge in [-0.2, -0.15) is 0 Å². The summed E-state index contributed by atoms with van der Waals surface area (Å²) < 4.78 is 15.7. The number of hydrogen-bond donors (Lipinski definition) is 1. The number of amides is 1. The number of halogens is 1. The van der Waals surface area contributed by atoms with Crippen LogP contribution in [0.15, 0.2) is 59.9 Å². The highest BCUT2D eigenvalue weighted by Crippen LogP contribution is 2.29. The van der Waals surface area contributed by atoms with Crippen molar-refractivity contribution < 1.29 is 9.18 Å². The zero-order valence-corrected chi connectivity index (χ0v) is 19.8. The summed E-state index contributed by atoms with van der Waals surface area (Å²) in [7, 11) is 0. The fraction of sp³-hybridized carbons (Fsp3) is 0.280. The molecule has 1 atom stereocenters. The first kappa shape index (κ1) is 22.3. The van der Waals surface area contributed by atoms with Crippen LogP contribution in [0.2, 0.25) is 0 Å². The summed E-state index contributed by atoms with van der Waals surface area (Å²) in [6.45, 7) is 3.54. The average Bonchev–Trinajstić information content (AvgIpc) is 3.52. The monoisotopic (exact) mass is 476 g/mol. The van der Waals surface area contributed by atoms with Crippen LogP contribution in [-0.4, -0.2) is 45.0 Å². The van der Waals surface area contributed by atoms with E-state index in [0.29, 0.717) is 30.0 Å². The van der Waals surface area contributed by atoms with Crippen molar-refractivity contribution in [2.24, 2.45) is 5.92 Å². The Morgan fingerprint density at radius 1 is 1.21 bits per heavy atom. The van der Waals surface area contributed by atoms with Gasteiger partial charge in [-0.3, -0.25) is 4.79 Å². The van der Waals surface area contributed by atoms with Gasteiger partial charge in [-0.05, 0) is 55.0 Å². The number of thioether (sulfide) groups is 1. The van der Waals surface area contributed by atoms with E-state index in [9.17, 15) is 9.18 Å². The highest BCUT2D eigenvalue weighted by atomic mass is 32.2. The zero-order chi connectivity index (χ0) is 23.7. The number of rotatable bonds is 6. The highest BCUT2D eigenvalue weighted by molar-refractivity contribution is 7.98. The molecule has 0 bridgehead atoms. The third-order valence-corrected chi connectivity index (χ3v) is 6.94. The molecule has 1 N–H and O–H groups in total. The van der Waals surface area contributed by atoms with Crippen LogP contribution in [0.5, 0.6) is 0 Å². The first-order valence-electron chi connectivity index (χ1n) is 11.1. The van der Waals surface area contributed by atoms with Gasteiger partial charge in [-0.25, -0.2) is 19.0 Å². The van der Waals surface area contributed by atoms with Crippen LogP contribution in [0.1, 0.15) is 17.5 Å². The van der Waals surface area contributed by atoms with E-state index in [1.165, 1.54) is 17.3 Å². The van der Waals surface area contributed by atoms with Crippen molar-refractivity contribution in [3.05, 3.63) is 71.9 Å². The van der Waals surface area contributed by atoms with Gasteiger partial charge in [0.2, 0.25) is 5.91 Å². The maximum atomic E-state index is 14.1. The van der Waals surface area contributed by atoms with E-state index in [0.717, 1.165) is 29.7 Å². The Balaban J connectivity index is 1.29. The normalized spacial score (nSPS) is 15.7. The molecule has 1 unspecified atom stereocenters. The van der Waals surface area contributed by atoms with Crippen molar-refractivity contribution in [3.63, 3.8) is 0 Å². The Morgan fingerprint density at radius 2 is 2.03 bits per heavy atom. The van der Waals surface area contributed by atoms with Crippen LogP contribution in [0.3, 0.4) is 0 Å². The minimum absolute atomic E-state index is 0.0487. The molecule has 174 valence electrons. The van der Waals surface area contributed by atoms with Crippen LogP contribution in [-0.2, 0) is 11.3 Å². The fourth-order valence-electron chi connectivity index (χ4n) is 4.18. The van der Waals surface area contributed by atoms with E-state index in [2.05, 4.69) is 37.4 Å². The van der Waals surface area contributed by atoms with Crippen LogP contribution in [0.4, 0.5) is 10.2 Å². The predicted octanol–water partition coefficient (Wildman–Crippen LogP) is 4.13. The summed E-state index contributed by atoms with van der Waals surface area (Å²) in [4.78, 5) is 24.9. The number of anilines is 1. The summed E-state index contributed by atoms with van der Waals surface area (Å²) in [5.74, 6) is 0.396. The number of fused-ring (bicyclic) bond motifs is 1. The molecule has 1 saturated heterocycles. The molecule has 0 aliphatic carbocycles. The summed E-state index contributed by atoms with van der Waals surface area (Å²) >= 11 is 1.70. The van der Waals surface area contributed by atoms with Crippen LogP contribution in [0.25, 0.3) is 16.7 Å². The van der Waals surface area contributed by atoms with Crippen LogP contribution >= 0.6 is 11.8 Å². The van der Waals surface area contributed by atoms with E-state index in [1.807, 2.05) is 30.7 Å². The third kappa shape index (κ3) is 4.48. The first-order valence-corrected chi connectivity index (χ1v) is 12.4. The van der Waals surface area contributed by atoms with Crippen molar-refractivity contribution in [2.45, 2.75) is 24.8 Å². The largest absolute Gasteiger partial charge is 0.355 e. The second-order valence-electron chi connectivity index (χ2n) is 8.44. The molecule has 0 radical (unpaired) electrons. The lowest BCUT2D eigenvalue weighted by Crippen LogP contribution is -2.32. The zero-order valence-electron chi connectivity index (χ0n) is 19.0. The smallest absolute Gasteiger partial charge is 0.225 e. The van der Waals surface area contributed by atoms with Gasteiger partial charge in [-0.15, -0.1) is 16.9 Å². The summed E-state index contributed by atoms with van der Waals surface area (Å²) in [6.07, 6.45) is 6.10. The molecule has 0 saturated carbocycles. The Kier molecular flexibility index (Phi) is 6.19. The molecule has 7 nitrogen and oxygen atoms in total. The van der Waals surface area contributed by atoms with Gasteiger partial charge < -0.3 is 10.2 Å². The molecule has 0 spiro atoms. The molecule has 1 amide bonds. The lowest BCUT2D eigenvalue weighted by atomic mass is 10.1. The fourth-order valence-corrected chi connectivity index (χ4v) is 4.59. The molecule has 2 aromatic carbocycles. The number of hydrogen-bond acceptors (Lipinski definition) is 6. The number of aryl methyl sites for hydroxylation is 1. The van der Waals surface area contributed by atoms with E-state index >= 15 is 0 Å². The molecule has 3 heterocycles. The van der Waals surface area contributed by atoms with Crippen LogP contribution < -0.4 is 10.2 Å². The number of carbonyl (C=O) groups is 1. The molecule has 5 rings (SSSR count). The molecule has 4 aromatic rings. The molecule has 1 fully saturated rings. The van der Waals surface area contributed by atoms with Crippen molar-refractivity contribution in [3.8, 4) is 5.69 Å². The minimum Gasteiger partial charge on any atom is -0.355 e. The Bertz CT molecular complexity index is 1340. The van der Waals surface area contributed by atoms with E-state index in [-0.39, 0.29) is 17.6 Å². The summed E-state index contributed by atoms with van der Waals surface area (Å²) in [5.41, 5.74) is 2.82. The average molecular weight is 477 g/mol. The van der Waals surface area contributed by atoms with Gasteiger partial charge in [0.05, 0.1) is 17.0 Å². The Morgan fingerprint density at radius 3 is 2.79 bits per heavy atom. The number of nitrogens with zero attached hydrogens (tertiary/aromatic N) is 5. The van der Waals surface area contributed by atoms with E-state index < -0.39 is 0 Å². The van der Waals surface area contributed by atoms with Crippen molar-refractivity contribution >= 4 is 34.5 Å². The second kappa shape index (κ2) is 9.42. The van der Waals surface area contributed by atoms with Gasteiger partial charge in [0.25, 0.3) is 0 Å². The van der Waals surface area contributed by atoms with Gasteiger partial charge in [-0.1, -0.05) is 18.2 Å². The molecule has 1 aliphatic rings. The van der Waals surface area contributed by atoms with Gasteiger partial charge in [0, 0.05) is 30.7 Å². The minimum atomic E-state index is -0.281. The number of nitrogens with one attached hydrogen (secondary N) is 1. The standard InChI is InChI=1S/C25H25FN6OS/c1-16-3-6-19(11-22(16)26)32-14-21-23(30-32)28-15-29-24(21)31-10-9-18(13-31)25(33)27-12-17-4-7-20(34-2)8-5-17/h3-8,11,14-15,18H,9-10,12-13H2,1-2H3,(H,27,33). The first-order chi connectivity index (χ1) is 16.5. The Labute approximate surface area is 201 Å². The molecule has 34 heavy (non-hydrogen) atoms. The summed E-state index contributed by atoms with van der Waals surface area (Å²) in [6, 6.07) is 13.2. The lowest BCUT2D eigenvalue weighted by Gasteiger charge is -2.17. The predicted molar refractivity (Wildman–Crippen MR) is 132 cm³/mol. The topological polar surface area (TPSA) is 75.9 Å². The SMILES string of the molecule is CSc1ccc(CNC(=O)C2CCN(c3ncnc4nn(-c5ccc(C)c(F)c5)cc34)C2)cc1. The second-order valence-corrected chi connectivity index (χ2v) is 9.32. The van der Waals surface area contributed by atoms with Gasteiger partial charge in [0.1, 0.15) is 18.0 Å². The quantitative estimate of drug-likeness (QED) is 0.422. The number of carbonyl (C=O) groups excluding carboxylic acids is 1. The number of aromatic nitrogens is 4. The molecule has 2 aromatic heterocycles. The summed E-state index contributed by atoms with van der Waals surface area (Å²) in [5, 5.41) is 8.35. The van der Waals surface area contributed by atoms with E-state index in [4.69, 9.17) is 0 Å². The molecular weight excluding hydrogens is 451 g/mol. The van der Waals surface area contributed by atoms with E-state index in [1.54, 1.807) is 29.4 Å². The van der Waals surface area contributed by atoms with Crippen molar-refractivity contribution in [2.75, 3.05) is 24.2 Å². The lowest BCUT2D eigenvalue weighted by molar-refractivity contribution is -0.124.